The molecule has 1 aliphatic rings. The summed E-state index contributed by atoms with van der Waals surface area (Å²) in [4.78, 5) is 25.5. The van der Waals surface area contributed by atoms with E-state index in [4.69, 9.17) is 5.73 Å². The highest BCUT2D eigenvalue weighted by Crippen LogP contribution is 2.31. The third-order valence-electron chi connectivity index (χ3n) is 6.27. The van der Waals surface area contributed by atoms with E-state index in [1.807, 2.05) is 54.3 Å². The van der Waals surface area contributed by atoms with E-state index in [-0.39, 0.29) is 17.8 Å². The predicted molar refractivity (Wildman–Crippen MR) is 137 cm³/mol. The largest absolute Gasteiger partial charge is 0.368 e. The Morgan fingerprint density at radius 1 is 1.00 bits per heavy atom. The fourth-order valence-corrected chi connectivity index (χ4v) is 4.47. The average molecular weight is 471 g/mol. The molecular weight excluding hydrogens is 443 g/mol. The van der Waals surface area contributed by atoms with Crippen LogP contribution >= 0.6 is 0 Å². The Morgan fingerprint density at radius 2 is 1.80 bits per heavy atom. The van der Waals surface area contributed by atoms with Crippen molar-refractivity contribution in [3.63, 3.8) is 0 Å². The minimum absolute atomic E-state index is 0.0833. The summed E-state index contributed by atoms with van der Waals surface area (Å²) in [5, 5.41) is 3.81. The van der Waals surface area contributed by atoms with Crippen molar-refractivity contribution in [2.45, 2.75) is 13.5 Å². The van der Waals surface area contributed by atoms with Crippen LogP contribution in [0.15, 0.2) is 66.7 Å². The van der Waals surface area contributed by atoms with E-state index in [0.29, 0.717) is 49.6 Å². The summed E-state index contributed by atoms with van der Waals surface area (Å²) in [5.74, 6) is 0.602. The molecule has 1 saturated heterocycles. The molecule has 0 spiro atoms. The van der Waals surface area contributed by atoms with Crippen molar-refractivity contribution >= 4 is 28.7 Å². The minimum Gasteiger partial charge on any atom is -0.368 e. The summed E-state index contributed by atoms with van der Waals surface area (Å²) in [7, 11) is 0. The number of piperazine rings is 1. The van der Waals surface area contributed by atoms with Gasteiger partial charge in [0.1, 0.15) is 11.6 Å². The van der Waals surface area contributed by atoms with Gasteiger partial charge in [-0.05, 0) is 36.2 Å². The highest BCUT2D eigenvalue weighted by Gasteiger charge is 2.24. The molecule has 2 heterocycles. The molecule has 0 unspecified atom stereocenters. The molecule has 4 aromatic rings. The van der Waals surface area contributed by atoms with Crippen LogP contribution in [0.5, 0.6) is 0 Å². The number of halogens is 1. The quantitative estimate of drug-likeness (QED) is 0.463. The monoisotopic (exact) mass is 470 g/mol. The van der Waals surface area contributed by atoms with E-state index < -0.39 is 0 Å². The van der Waals surface area contributed by atoms with E-state index in [2.05, 4.69) is 26.3 Å². The van der Waals surface area contributed by atoms with Crippen molar-refractivity contribution in [2.75, 3.05) is 36.8 Å². The van der Waals surface area contributed by atoms with Gasteiger partial charge in [-0.3, -0.25) is 0 Å². The maximum absolute atomic E-state index is 14.4. The van der Waals surface area contributed by atoms with Crippen LogP contribution in [-0.4, -0.2) is 47.1 Å². The second kappa shape index (κ2) is 9.58. The highest BCUT2D eigenvalue weighted by molar-refractivity contribution is 5.94. The molecule has 1 fully saturated rings. The SMILES string of the molecule is Cc1cccc(CNC(=O)N2CCN(c3nc(N)nc4ccc(-c5ccccc5F)cc34)CC2)c1. The van der Waals surface area contributed by atoms with Crippen molar-refractivity contribution in [1.29, 1.82) is 0 Å². The summed E-state index contributed by atoms with van der Waals surface area (Å²) in [5.41, 5.74) is 10.2. The number of carbonyl (C=O) groups excluding carboxylic acids is 1. The molecule has 0 atom stereocenters. The van der Waals surface area contributed by atoms with Crippen LogP contribution in [0.1, 0.15) is 11.1 Å². The molecule has 2 amide bonds. The summed E-state index contributed by atoms with van der Waals surface area (Å²) in [6.07, 6.45) is 0. The lowest BCUT2D eigenvalue weighted by Crippen LogP contribution is -2.52. The average Bonchev–Trinajstić information content (AvgIpc) is 2.87. The van der Waals surface area contributed by atoms with Crippen LogP contribution in [-0.2, 0) is 6.54 Å². The van der Waals surface area contributed by atoms with Crippen molar-refractivity contribution < 1.29 is 9.18 Å². The normalized spacial score (nSPS) is 13.8. The zero-order valence-electron chi connectivity index (χ0n) is 19.5. The standard InChI is InChI=1S/C27H27FN6O/c1-18-5-4-6-19(15-18)17-30-27(35)34-13-11-33(12-14-34)25-22-16-20(21-7-2-3-8-23(21)28)9-10-24(22)31-26(29)32-25/h2-10,15-16H,11-14,17H2,1H3,(H,30,35)(H2,29,31,32). The van der Waals surface area contributed by atoms with Gasteiger partial charge in [-0.1, -0.05) is 54.1 Å². The Bertz CT molecular complexity index is 1380. The molecule has 1 aliphatic heterocycles. The highest BCUT2D eigenvalue weighted by atomic mass is 19.1. The van der Waals surface area contributed by atoms with E-state index in [9.17, 15) is 9.18 Å². The number of aryl methyl sites for hydroxylation is 1. The second-order valence-electron chi connectivity index (χ2n) is 8.74. The molecule has 0 aliphatic carbocycles. The van der Waals surface area contributed by atoms with Crippen molar-refractivity contribution in [3.05, 3.63) is 83.7 Å². The molecule has 35 heavy (non-hydrogen) atoms. The van der Waals surface area contributed by atoms with E-state index in [1.54, 1.807) is 12.1 Å². The van der Waals surface area contributed by atoms with Crippen LogP contribution in [0.3, 0.4) is 0 Å². The Balaban J connectivity index is 1.32. The molecule has 3 aromatic carbocycles. The first-order valence-corrected chi connectivity index (χ1v) is 11.6. The fourth-order valence-electron chi connectivity index (χ4n) is 4.47. The Hall–Kier alpha value is -4.20. The van der Waals surface area contributed by atoms with Crippen molar-refractivity contribution in [1.82, 2.24) is 20.2 Å². The van der Waals surface area contributed by atoms with Crippen molar-refractivity contribution in [3.8, 4) is 11.1 Å². The first-order chi connectivity index (χ1) is 17.0. The van der Waals surface area contributed by atoms with Gasteiger partial charge < -0.3 is 20.9 Å². The summed E-state index contributed by atoms with van der Waals surface area (Å²) in [6.45, 7) is 4.84. The molecule has 8 heteroatoms. The molecule has 3 N–H and O–H groups in total. The fraction of sp³-hybridized carbons (Fsp3) is 0.222. The third kappa shape index (κ3) is 4.87. The third-order valence-corrected chi connectivity index (χ3v) is 6.27. The summed E-state index contributed by atoms with van der Waals surface area (Å²) in [6, 6.07) is 20.3. The lowest BCUT2D eigenvalue weighted by atomic mass is 10.0. The Labute approximate surface area is 203 Å². The first kappa shape index (κ1) is 22.6. The number of anilines is 2. The zero-order chi connectivity index (χ0) is 24.4. The van der Waals surface area contributed by atoms with Gasteiger partial charge in [0.05, 0.1) is 5.52 Å². The number of nitrogens with zero attached hydrogens (tertiary/aromatic N) is 4. The zero-order valence-corrected chi connectivity index (χ0v) is 19.5. The maximum atomic E-state index is 14.4. The van der Waals surface area contributed by atoms with Gasteiger partial charge in [-0.2, -0.15) is 4.98 Å². The number of carbonyl (C=O) groups is 1. The molecule has 0 radical (unpaired) electrons. The molecule has 5 rings (SSSR count). The molecule has 0 saturated carbocycles. The Morgan fingerprint density at radius 3 is 2.57 bits per heavy atom. The number of hydrogen-bond donors (Lipinski definition) is 2. The number of benzene rings is 3. The molecule has 1 aromatic heterocycles. The number of nitrogens with one attached hydrogen (secondary N) is 1. The molecule has 7 nitrogen and oxygen atoms in total. The van der Waals surface area contributed by atoms with Gasteiger partial charge >= 0.3 is 6.03 Å². The lowest BCUT2D eigenvalue weighted by Gasteiger charge is -2.35. The van der Waals surface area contributed by atoms with E-state index in [0.717, 1.165) is 16.5 Å². The minimum atomic E-state index is -0.282. The van der Waals surface area contributed by atoms with Crippen LogP contribution < -0.4 is 16.0 Å². The number of urea groups is 1. The van der Waals surface area contributed by atoms with E-state index in [1.165, 1.54) is 11.6 Å². The lowest BCUT2D eigenvalue weighted by molar-refractivity contribution is 0.194. The predicted octanol–water partition coefficient (Wildman–Crippen LogP) is 4.36. The van der Waals surface area contributed by atoms with Crippen LogP contribution in [0, 0.1) is 12.7 Å². The number of nitrogens with two attached hydrogens (primary N) is 1. The van der Waals surface area contributed by atoms with Gasteiger partial charge in [0.2, 0.25) is 5.95 Å². The summed E-state index contributed by atoms with van der Waals surface area (Å²) < 4.78 is 14.4. The molecule has 178 valence electrons. The van der Waals surface area contributed by atoms with Gasteiger partial charge in [-0.25, -0.2) is 14.2 Å². The van der Waals surface area contributed by atoms with Gasteiger partial charge in [0.15, 0.2) is 0 Å². The number of hydrogen-bond acceptors (Lipinski definition) is 5. The van der Waals surface area contributed by atoms with Crippen LogP contribution in [0.4, 0.5) is 21.0 Å². The first-order valence-electron chi connectivity index (χ1n) is 11.6. The smallest absolute Gasteiger partial charge is 0.317 e. The maximum Gasteiger partial charge on any atom is 0.317 e. The number of rotatable bonds is 4. The Kier molecular flexibility index (Phi) is 6.18. The van der Waals surface area contributed by atoms with Gasteiger partial charge in [0, 0.05) is 43.7 Å². The summed E-state index contributed by atoms with van der Waals surface area (Å²) >= 11 is 0. The number of amides is 2. The van der Waals surface area contributed by atoms with E-state index >= 15 is 0 Å². The van der Waals surface area contributed by atoms with Crippen LogP contribution in [0.2, 0.25) is 0 Å². The topological polar surface area (TPSA) is 87.4 Å². The number of aromatic nitrogens is 2. The number of nitrogen functional groups attached to an aromatic ring is 1. The molecular formula is C27H27FN6O. The van der Waals surface area contributed by atoms with Gasteiger partial charge in [-0.15, -0.1) is 0 Å². The van der Waals surface area contributed by atoms with Gasteiger partial charge in [0.25, 0.3) is 0 Å². The number of fused-ring (bicyclic) bond motifs is 1. The second-order valence-corrected chi connectivity index (χ2v) is 8.74. The molecule has 0 bridgehead atoms. The van der Waals surface area contributed by atoms with Crippen molar-refractivity contribution in [2.24, 2.45) is 0 Å². The van der Waals surface area contributed by atoms with Crippen LogP contribution in [0.25, 0.3) is 22.0 Å².